The summed E-state index contributed by atoms with van der Waals surface area (Å²) in [7, 11) is 0. The van der Waals surface area contributed by atoms with Crippen molar-refractivity contribution in [2.45, 2.75) is 0 Å². The Labute approximate surface area is 115 Å². The number of hydrogen-bond acceptors (Lipinski definition) is 4. The zero-order chi connectivity index (χ0) is 14.7. The van der Waals surface area contributed by atoms with Crippen molar-refractivity contribution in [2.24, 2.45) is 0 Å². The van der Waals surface area contributed by atoms with Crippen LogP contribution in [0.1, 0.15) is 20.7 Å². The normalized spacial score (nSPS) is 10.0. The molecule has 2 aromatic rings. The van der Waals surface area contributed by atoms with Gasteiger partial charge in [0, 0.05) is 22.6 Å². The van der Waals surface area contributed by atoms with Crippen LogP contribution in [-0.4, -0.2) is 17.0 Å². The van der Waals surface area contributed by atoms with Gasteiger partial charge in [-0.15, -0.1) is 0 Å². The van der Waals surface area contributed by atoms with Gasteiger partial charge in [0.1, 0.15) is 0 Å². The van der Waals surface area contributed by atoms with E-state index in [0.717, 1.165) is 0 Å². The molecule has 0 aromatic heterocycles. The molecular formula is C14H13N3O3. The van der Waals surface area contributed by atoms with E-state index in [9.17, 15) is 9.59 Å². The Balaban J connectivity index is 2.23. The lowest BCUT2D eigenvalue weighted by molar-refractivity contribution is 0.0696. The maximum absolute atomic E-state index is 12.0. The summed E-state index contributed by atoms with van der Waals surface area (Å²) in [6, 6.07) is 10.5. The molecule has 0 saturated heterocycles. The number of rotatable bonds is 3. The number of carboxylic acids is 1. The van der Waals surface area contributed by atoms with Gasteiger partial charge in [0.2, 0.25) is 0 Å². The second-order valence-electron chi connectivity index (χ2n) is 4.23. The van der Waals surface area contributed by atoms with E-state index in [1.807, 2.05) is 0 Å². The first-order valence-corrected chi connectivity index (χ1v) is 5.76. The highest BCUT2D eigenvalue weighted by Gasteiger charge is 2.09. The Morgan fingerprint density at radius 3 is 2.20 bits per heavy atom. The van der Waals surface area contributed by atoms with Crippen molar-refractivity contribution in [3.05, 3.63) is 53.6 Å². The van der Waals surface area contributed by atoms with Gasteiger partial charge in [0.05, 0.1) is 5.56 Å². The average Bonchev–Trinajstić information content (AvgIpc) is 2.37. The predicted octanol–water partition coefficient (Wildman–Crippen LogP) is 1.80. The summed E-state index contributed by atoms with van der Waals surface area (Å²) < 4.78 is 0. The van der Waals surface area contributed by atoms with E-state index in [2.05, 4.69) is 5.32 Å². The van der Waals surface area contributed by atoms with Crippen molar-refractivity contribution in [3.8, 4) is 0 Å². The first kappa shape index (κ1) is 13.4. The number of nitrogen functional groups attached to an aromatic ring is 2. The number of amides is 1. The van der Waals surface area contributed by atoms with Crippen LogP contribution in [0.5, 0.6) is 0 Å². The van der Waals surface area contributed by atoms with Crippen molar-refractivity contribution in [2.75, 3.05) is 16.8 Å². The van der Waals surface area contributed by atoms with Gasteiger partial charge in [-0.3, -0.25) is 4.79 Å². The molecule has 0 spiro atoms. The molecule has 0 unspecified atom stereocenters. The first-order valence-electron chi connectivity index (χ1n) is 5.76. The summed E-state index contributed by atoms with van der Waals surface area (Å²) in [5, 5.41) is 11.5. The zero-order valence-corrected chi connectivity index (χ0v) is 10.5. The van der Waals surface area contributed by atoms with E-state index in [4.69, 9.17) is 16.6 Å². The molecule has 0 radical (unpaired) electrons. The van der Waals surface area contributed by atoms with Crippen LogP contribution < -0.4 is 16.8 Å². The molecule has 0 heterocycles. The van der Waals surface area contributed by atoms with Crippen LogP contribution in [0.2, 0.25) is 0 Å². The standard InChI is InChI=1S/C14H13N3O3/c15-10-4-9(5-11(16)7-10)13(18)17-12-3-1-2-8(6-12)14(19)20/h1-7H,15-16H2,(H,17,18)(H,19,20). The fraction of sp³-hybridized carbons (Fsp3) is 0. The minimum absolute atomic E-state index is 0.0925. The number of nitrogens with two attached hydrogens (primary N) is 2. The zero-order valence-electron chi connectivity index (χ0n) is 10.5. The largest absolute Gasteiger partial charge is 0.478 e. The van der Waals surface area contributed by atoms with E-state index >= 15 is 0 Å². The van der Waals surface area contributed by atoms with Crippen LogP contribution in [0.4, 0.5) is 17.1 Å². The maximum Gasteiger partial charge on any atom is 0.335 e. The highest BCUT2D eigenvalue weighted by molar-refractivity contribution is 6.05. The lowest BCUT2D eigenvalue weighted by atomic mass is 10.1. The predicted molar refractivity (Wildman–Crippen MR) is 76.6 cm³/mol. The van der Waals surface area contributed by atoms with Crippen LogP contribution in [0.15, 0.2) is 42.5 Å². The quantitative estimate of drug-likeness (QED) is 0.635. The second kappa shape index (κ2) is 5.31. The Hall–Kier alpha value is -3.02. The highest BCUT2D eigenvalue weighted by Crippen LogP contribution is 2.16. The number of aromatic carboxylic acids is 1. The summed E-state index contributed by atoms with van der Waals surface area (Å²) in [4.78, 5) is 22.9. The topological polar surface area (TPSA) is 118 Å². The number of anilines is 3. The Bertz CT molecular complexity index is 663. The third kappa shape index (κ3) is 3.05. The number of benzene rings is 2. The van der Waals surface area contributed by atoms with E-state index in [-0.39, 0.29) is 5.56 Å². The van der Waals surface area contributed by atoms with Crippen molar-refractivity contribution in [1.82, 2.24) is 0 Å². The van der Waals surface area contributed by atoms with Gasteiger partial charge in [-0.1, -0.05) is 6.07 Å². The van der Waals surface area contributed by atoms with Crippen LogP contribution in [-0.2, 0) is 0 Å². The monoisotopic (exact) mass is 271 g/mol. The smallest absolute Gasteiger partial charge is 0.335 e. The molecule has 0 atom stereocenters. The minimum atomic E-state index is -1.06. The maximum atomic E-state index is 12.0. The third-order valence-corrected chi connectivity index (χ3v) is 2.61. The van der Waals surface area contributed by atoms with Gasteiger partial charge < -0.3 is 21.9 Å². The average molecular weight is 271 g/mol. The second-order valence-corrected chi connectivity index (χ2v) is 4.23. The first-order chi connectivity index (χ1) is 9.45. The SMILES string of the molecule is Nc1cc(N)cc(C(=O)Nc2cccc(C(=O)O)c2)c1. The molecule has 0 aliphatic carbocycles. The third-order valence-electron chi connectivity index (χ3n) is 2.61. The summed E-state index contributed by atoms with van der Waals surface area (Å²) in [6.45, 7) is 0. The highest BCUT2D eigenvalue weighted by atomic mass is 16.4. The van der Waals surface area contributed by atoms with Crippen LogP contribution in [0.25, 0.3) is 0 Å². The van der Waals surface area contributed by atoms with E-state index < -0.39 is 11.9 Å². The molecule has 102 valence electrons. The summed E-state index contributed by atoms with van der Waals surface area (Å²) in [5.41, 5.74) is 12.8. The Morgan fingerprint density at radius 2 is 1.60 bits per heavy atom. The van der Waals surface area contributed by atoms with Crippen molar-refractivity contribution >= 4 is 28.9 Å². The van der Waals surface area contributed by atoms with E-state index in [1.54, 1.807) is 18.2 Å². The number of hydrogen-bond donors (Lipinski definition) is 4. The molecule has 0 bridgehead atoms. The van der Waals surface area contributed by atoms with E-state index in [1.165, 1.54) is 24.3 Å². The fourth-order valence-corrected chi connectivity index (χ4v) is 1.74. The number of carbonyl (C=O) groups excluding carboxylic acids is 1. The molecule has 6 nitrogen and oxygen atoms in total. The van der Waals surface area contributed by atoms with Gasteiger partial charge in [-0.25, -0.2) is 4.79 Å². The number of carbonyl (C=O) groups is 2. The van der Waals surface area contributed by atoms with Crippen molar-refractivity contribution in [1.29, 1.82) is 0 Å². The molecule has 20 heavy (non-hydrogen) atoms. The van der Waals surface area contributed by atoms with Gasteiger partial charge in [0.15, 0.2) is 0 Å². The number of nitrogens with one attached hydrogen (secondary N) is 1. The van der Waals surface area contributed by atoms with Crippen LogP contribution in [0, 0.1) is 0 Å². The molecule has 0 saturated carbocycles. The van der Waals surface area contributed by atoms with E-state index in [0.29, 0.717) is 22.6 Å². The lowest BCUT2D eigenvalue weighted by Gasteiger charge is -2.07. The van der Waals surface area contributed by atoms with Crippen molar-refractivity contribution < 1.29 is 14.7 Å². The number of carboxylic acid groups (broad SMARTS) is 1. The van der Waals surface area contributed by atoms with Crippen molar-refractivity contribution in [3.63, 3.8) is 0 Å². The molecule has 6 N–H and O–H groups in total. The van der Waals surface area contributed by atoms with Crippen LogP contribution >= 0.6 is 0 Å². The van der Waals surface area contributed by atoms with Gasteiger partial charge in [0.25, 0.3) is 5.91 Å². The molecule has 0 fully saturated rings. The summed E-state index contributed by atoms with van der Waals surface area (Å²) in [5.74, 6) is -1.47. The minimum Gasteiger partial charge on any atom is -0.478 e. The molecule has 6 heteroatoms. The molecule has 2 rings (SSSR count). The Kier molecular flexibility index (Phi) is 3.56. The van der Waals surface area contributed by atoms with Gasteiger partial charge >= 0.3 is 5.97 Å². The van der Waals surface area contributed by atoms with Crippen LogP contribution in [0.3, 0.4) is 0 Å². The molecule has 0 aliphatic heterocycles. The molecule has 2 aromatic carbocycles. The summed E-state index contributed by atoms with van der Waals surface area (Å²) in [6.07, 6.45) is 0. The molecule has 0 aliphatic rings. The Morgan fingerprint density at radius 1 is 0.950 bits per heavy atom. The fourth-order valence-electron chi connectivity index (χ4n) is 1.74. The molecule has 1 amide bonds. The van der Waals surface area contributed by atoms with Gasteiger partial charge in [-0.2, -0.15) is 0 Å². The molecular weight excluding hydrogens is 258 g/mol. The summed E-state index contributed by atoms with van der Waals surface area (Å²) >= 11 is 0. The lowest BCUT2D eigenvalue weighted by Crippen LogP contribution is -2.13. The van der Waals surface area contributed by atoms with Gasteiger partial charge in [-0.05, 0) is 36.4 Å².